The molecule has 7 aromatic rings. The van der Waals surface area contributed by atoms with Crippen molar-refractivity contribution in [1.82, 2.24) is 15.0 Å². The molecule has 0 N–H and O–H groups in total. The molecule has 251 valence electrons. The van der Waals surface area contributed by atoms with Crippen molar-refractivity contribution in [1.29, 1.82) is 0 Å². The van der Waals surface area contributed by atoms with Crippen molar-refractivity contribution in [3.8, 4) is 33.8 Å². The zero-order chi connectivity index (χ0) is 34.2. The monoisotopic (exact) mass is 822 g/mol. The molecule has 0 fully saturated rings. The van der Waals surface area contributed by atoms with E-state index in [-0.39, 0.29) is 25.5 Å². The number of aryl methyl sites for hydroxylation is 6. The summed E-state index contributed by atoms with van der Waals surface area (Å²) in [6.07, 6.45) is 4.87. The Hall–Kier alpha value is -4.44. The predicted octanol–water partition coefficient (Wildman–Crippen LogP) is 11.5. The van der Waals surface area contributed by atoms with Gasteiger partial charge in [-0.05, 0) is 92.2 Å². The Labute approximate surface area is 304 Å². The third kappa shape index (κ3) is 7.90. The number of rotatable bonds is 4. The zero-order valence-corrected chi connectivity index (χ0v) is 32.3. The van der Waals surface area contributed by atoms with Crippen LogP contribution in [0.2, 0.25) is 0 Å². The average Bonchev–Trinajstić information content (AvgIpc) is 3.42. The number of hydrogen-bond donors (Lipinski definition) is 0. The summed E-state index contributed by atoms with van der Waals surface area (Å²) < 4.78 is 6.37. The summed E-state index contributed by atoms with van der Waals surface area (Å²) in [5, 5.41) is 2.05. The topological polar surface area (TPSA) is 51.8 Å². The van der Waals surface area contributed by atoms with Crippen molar-refractivity contribution in [2.24, 2.45) is 5.41 Å². The van der Waals surface area contributed by atoms with Gasteiger partial charge in [0.2, 0.25) is 5.71 Å². The smallest absolute Gasteiger partial charge is 0.216 e. The zero-order valence-electron chi connectivity index (χ0n) is 29.9. The molecule has 0 aliphatic heterocycles. The van der Waals surface area contributed by atoms with Gasteiger partial charge in [-0.3, -0.25) is 0 Å². The number of benzene rings is 3. The number of aromatic nitrogens is 3. The molecule has 49 heavy (non-hydrogen) atoms. The Morgan fingerprint density at radius 2 is 1.39 bits per heavy atom. The fourth-order valence-corrected chi connectivity index (χ4v) is 6.07. The Morgan fingerprint density at radius 3 is 2.06 bits per heavy atom. The quantitative estimate of drug-likeness (QED) is 0.166. The number of furan rings is 1. The fraction of sp³-hybridized carbons (Fsp3) is 0.250. The first-order valence-corrected chi connectivity index (χ1v) is 16.6. The van der Waals surface area contributed by atoms with E-state index < -0.39 is 0 Å². The number of hydrogen-bond acceptors (Lipinski definition) is 4. The van der Waals surface area contributed by atoms with E-state index in [0.717, 1.165) is 51.0 Å². The molecule has 0 aliphatic carbocycles. The predicted molar refractivity (Wildman–Crippen MR) is 199 cm³/mol. The van der Waals surface area contributed by atoms with Gasteiger partial charge >= 0.3 is 0 Å². The summed E-state index contributed by atoms with van der Waals surface area (Å²) in [5.41, 5.74) is 16.2. The minimum atomic E-state index is 0. The molecule has 0 atom stereocenters. The van der Waals surface area contributed by atoms with Crippen molar-refractivity contribution in [2.75, 3.05) is 0 Å². The van der Waals surface area contributed by atoms with E-state index in [1.807, 2.05) is 24.5 Å². The SMILES string of the molecule is Cc1c[c-]c(-c2cc(C)c(C)cn2)cc1.Cc1cnc(-c2[c-]ccc3c2oc2nc(-c4c(C)cccc4C)ccc23)cc1CC(C)(C)C.[Ir]. The second-order valence-electron chi connectivity index (χ2n) is 14.2. The molecule has 0 amide bonds. The molecule has 7 rings (SSSR count). The minimum absolute atomic E-state index is 0. The van der Waals surface area contributed by atoms with Crippen molar-refractivity contribution < 1.29 is 24.5 Å². The summed E-state index contributed by atoms with van der Waals surface area (Å²) in [4.78, 5) is 14.1. The van der Waals surface area contributed by atoms with Crippen LogP contribution in [0.15, 0.2) is 89.6 Å². The first-order chi connectivity index (χ1) is 22.9. The van der Waals surface area contributed by atoms with E-state index >= 15 is 0 Å². The van der Waals surface area contributed by atoms with Gasteiger partial charge in [-0.25, -0.2) is 4.98 Å². The molecule has 0 unspecified atom stereocenters. The molecule has 0 saturated carbocycles. The molecule has 0 saturated heterocycles. The van der Waals surface area contributed by atoms with E-state index in [0.29, 0.717) is 5.71 Å². The third-order valence-electron chi connectivity index (χ3n) is 8.84. The van der Waals surface area contributed by atoms with Gasteiger partial charge in [0.15, 0.2) is 0 Å². The van der Waals surface area contributed by atoms with E-state index in [2.05, 4.69) is 140 Å². The molecule has 0 bridgehead atoms. The van der Waals surface area contributed by atoms with Gasteiger partial charge in [0.25, 0.3) is 0 Å². The average molecular weight is 822 g/mol. The second-order valence-corrected chi connectivity index (χ2v) is 14.2. The van der Waals surface area contributed by atoms with Crippen LogP contribution in [-0.4, -0.2) is 15.0 Å². The van der Waals surface area contributed by atoms with Crippen LogP contribution in [0.4, 0.5) is 0 Å². The van der Waals surface area contributed by atoms with Crippen LogP contribution in [0.5, 0.6) is 0 Å². The van der Waals surface area contributed by atoms with Gasteiger partial charge in [-0.1, -0.05) is 80.1 Å². The number of nitrogens with zero attached hydrogens (tertiary/aromatic N) is 3. The molecule has 4 heterocycles. The van der Waals surface area contributed by atoms with Gasteiger partial charge in [-0.2, -0.15) is 0 Å². The molecule has 4 aromatic heterocycles. The van der Waals surface area contributed by atoms with E-state index in [1.165, 1.54) is 44.5 Å². The summed E-state index contributed by atoms with van der Waals surface area (Å²) in [5.74, 6) is 0. The maximum Gasteiger partial charge on any atom is 0.216 e. The van der Waals surface area contributed by atoms with E-state index in [4.69, 9.17) is 14.4 Å². The van der Waals surface area contributed by atoms with Gasteiger partial charge < -0.3 is 14.4 Å². The molecular weight excluding hydrogens is 779 g/mol. The molecule has 0 aliphatic rings. The Morgan fingerprint density at radius 1 is 0.673 bits per heavy atom. The van der Waals surface area contributed by atoms with Crippen LogP contribution < -0.4 is 0 Å². The van der Waals surface area contributed by atoms with E-state index in [1.54, 1.807) is 0 Å². The van der Waals surface area contributed by atoms with Gasteiger partial charge in [0.05, 0.1) is 11.3 Å². The van der Waals surface area contributed by atoms with Gasteiger partial charge in [0, 0.05) is 43.4 Å². The Balaban J connectivity index is 0.000000246. The van der Waals surface area contributed by atoms with Crippen molar-refractivity contribution >= 4 is 22.1 Å². The second kappa shape index (κ2) is 14.6. The molecule has 4 nitrogen and oxygen atoms in total. The maximum absolute atomic E-state index is 6.37. The van der Waals surface area contributed by atoms with Crippen molar-refractivity contribution in [2.45, 2.75) is 68.7 Å². The maximum atomic E-state index is 6.37. The molecule has 3 aromatic carbocycles. The molecule has 5 heteroatoms. The van der Waals surface area contributed by atoms with Crippen LogP contribution >= 0.6 is 0 Å². The summed E-state index contributed by atoms with van der Waals surface area (Å²) in [6.45, 7) is 19.4. The Kier molecular flexibility index (Phi) is 10.7. The van der Waals surface area contributed by atoms with Crippen LogP contribution in [0.1, 0.15) is 59.7 Å². The normalized spacial score (nSPS) is 11.3. The van der Waals surface area contributed by atoms with Crippen LogP contribution in [0.25, 0.3) is 55.8 Å². The summed E-state index contributed by atoms with van der Waals surface area (Å²) in [6, 6.07) is 31.6. The van der Waals surface area contributed by atoms with Crippen LogP contribution in [0, 0.1) is 59.1 Å². The molecular formula is C44H43IrN3O-2. The van der Waals surface area contributed by atoms with Crippen LogP contribution in [0.3, 0.4) is 0 Å². The van der Waals surface area contributed by atoms with Gasteiger partial charge in [0.1, 0.15) is 0 Å². The Bertz CT molecular complexity index is 2240. The number of fused-ring (bicyclic) bond motifs is 3. The van der Waals surface area contributed by atoms with Crippen LogP contribution in [-0.2, 0) is 26.5 Å². The minimum Gasteiger partial charge on any atom is -0.486 e. The first-order valence-electron chi connectivity index (χ1n) is 16.6. The van der Waals surface area contributed by atoms with Crippen molar-refractivity contribution in [3.63, 3.8) is 0 Å². The third-order valence-corrected chi connectivity index (χ3v) is 8.84. The first kappa shape index (κ1) is 35.9. The summed E-state index contributed by atoms with van der Waals surface area (Å²) >= 11 is 0. The summed E-state index contributed by atoms with van der Waals surface area (Å²) in [7, 11) is 0. The van der Waals surface area contributed by atoms with Gasteiger partial charge in [-0.15, -0.1) is 53.6 Å². The fourth-order valence-electron chi connectivity index (χ4n) is 6.07. The van der Waals surface area contributed by atoms with Crippen molar-refractivity contribution in [3.05, 3.63) is 136 Å². The largest absolute Gasteiger partial charge is 0.486 e. The van der Waals surface area contributed by atoms with E-state index in [9.17, 15) is 0 Å². The molecule has 1 radical (unpaired) electrons. The molecule has 0 spiro atoms. The standard InChI is InChI=1S/C30H29N2O.C14H14N.Ir/c1-18-9-7-10-19(2)27(18)25-14-13-23-22-11-8-12-24(28(22)33-29(23)32-25)26-15-21(16-30(4,5)6)20(3)17-31-26;1-10-4-6-13(7-5-10)14-8-11(2)12(3)9-15-14;/h7-11,13-15,17H,16H2,1-6H3;4-6,8-9H,1-3H3;/q2*-1;. The number of pyridine rings is 3.